The fraction of sp³-hybridized carbons (Fsp3) is 0.500. The molecule has 1 aliphatic rings. The summed E-state index contributed by atoms with van der Waals surface area (Å²) in [5.41, 5.74) is 0.374. The molecule has 0 amide bonds. The molecular formula is C14H18FNO3. The Morgan fingerprint density at radius 3 is 2.84 bits per heavy atom. The molecular weight excluding hydrogens is 249 g/mol. The fourth-order valence-electron chi connectivity index (χ4n) is 2.27. The van der Waals surface area contributed by atoms with E-state index in [0.29, 0.717) is 12.1 Å². The SMILES string of the molecule is COc1ccc(C(=O)CN2CCC(OC)C2)cc1F. The van der Waals surface area contributed by atoms with Crippen molar-refractivity contribution in [1.29, 1.82) is 0 Å². The first-order valence-corrected chi connectivity index (χ1v) is 6.26. The maximum Gasteiger partial charge on any atom is 0.176 e. The Bertz CT molecular complexity index is 464. The van der Waals surface area contributed by atoms with Crippen molar-refractivity contribution in [2.24, 2.45) is 0 Å². The third-order valence-electron chi connectivity index (χ3n) is 3.40. The molecule has 0 spiro atoms. The number of hydrogen-bond donors (Lipinski definition) is 0. The monoisotopic (exact) mass is 267 g/mol. The highest BCUT2D eigenvalue weighted by Crippen LogP contribution is 2.19. The van der Waals surface area contributed by atoms with Gasteiger partial charge in [-0.1, -0.05) is 0 Å². The van der Waals surface area contributed by atoms with Crippen LogP contribution in [0.15, 0.2) is 18.2 Å². The molecule has 1 aliphatic heterocycles. The molecule has 1 fully saturated rings. The molecule has 0 radical (unpaired) electrons. The van der Waals surface area contributed by atoms with Crippen LogP contribution in [0.1, 0.15) is 16.8 Å². The van der Waals surface area contributed by atoms with E-state index in [1.165, 1.54) is 19.2 Å². The van der Waals surface area contributed by atoms with E-state index < -0.39 is 5.82 Å². The van der Waals surface area contributed by atoms with Crippen molar-refractivity contribution < 1.29 is 18.7 Å². The number of halogens is 1. The van der Waals surface area contributed by atoms with Gasteiger partial charge < -0.3 is 9.47 Å². The number of benzene rings is 1. The molecule has 2 rings (SSSR count). The minimum absolute atomic E-state index is 0.0849. The van der Waals surface area contributed by atoms with Gasteiger partial charge in [0, 0.05) is 25.8 Å². The number of ether oxygens (including phenoxy) is 2. The summed E-state index contributed by atoms with van der Waals surface area (Å²) in [6.45, 7) is 1.88. The molecule has 1 aromatic carbocycles. The molecule has 5 heteroatoms. The van der Waals surface area contributed by atoms with Gasteiger partial charge in [0.1, 0.15) is 0 Å². The number of Topliss-reactive ketones (excluding diaryl/α,β-unsaturated/α-hetero) is 1. The number of ketones is 1. The summed E-state index contributed by atoms with van der Waals surface area (Å²) < 4.78 is 23.6. The van der Waals surface area contributed by atoms with Crippen LogP contribution in [0.4, 0.5) is 4.39 Å². The van der Waals surface area contributed by atoms with E-state index in [4.69, 9.17) is 9.47 Å². The first-order chi connectivity index (χ1) is 9.13. The molecule has 1 aromatic rings. The lowest BCUT2D eigenvalue weighted by molar-refractivity contribution is 0.0898. The molecule has 19 heavy (non-hydrogen) atoms. The summed E-state index contributed by atoms with van der Waals surface area (Å²) in [6.07, 6.45) is 1.13. The number of methoxy groups -OCH3 is 2. The van der Waals surface area contributed by atoms with Crippen molar-refractivity contribution in [2.75, 3.05) is 33.9 Å². The Balaban J connectivity index is 1.98. The van der Waals surface area contributed by atoms with Crippen molar-refractivity contribution in [3.8, 4) is 5.75 Å². The minimum Gasteiger partial charge on any atom is -0.494 e. The molecule has 1 atom stereocenters. The van der Waals surface area contributed by atoms with Crippen molar-refractivity contribution in [2.45, 2.75) is 12.5 Å². The van der Waals surface area contributed by atoms with E-state index in [2.05, 4.69) is 0 Å². The van der Waals surface area contributed by atoms with Crippen LogP contribution in [0.3, 0.4) is 0 Å². The lowest BCUT2D eigenvalue weighted by Crippen LogP contribution is -2.29. The van der Waals surface area contributed by atoms with Crippen LogP contribution in [0.25, 0.3) is 0 Å². The molecule has 0 bridgehead atoms. The molecule has 104 valence electrons. The highest BCUT2D eigenvalue weighted by molar-refractivity contribution is 5.97. The number of rotatable bonds is 5. The predicted molar refractivity (Wildman–Crippen MR) is 69.1 cm³/mol. The molecule has 4 nitrogen and oxygen atoms in total. The zero-order chi connectivity index (χ0) is 13.8. The standard InChI is InChI=1S/C14H18FNO3/c1-18-11-5-6-16(8-11)9-13(17)10-3-4-14(19-2)12(15)7-10/h3-4,7,11H,5-6,8-9H2,1-2H3. The third kappa shape index (κ3) is 3.30. The second kappa shape index (κ2) is 6.12. The van der Waals surface area contributed by atoms with Crippen LogP contribution in [0.5, 0.6) is 5.75 Å². The molecule has 0 aliphatic carbocycles. The Morgan fingerprint density at radius 1 is 1.47 bits per heavy atom. The van der Waals surface area contributed by atoms with Gasteiger partial charge in [-0.25, -0.2) is 4.39 Å². The maximum atomic E-state index is 13.5. The quantitative estimate of drug-likeness (QED) is 0.762. The average molecular weight is 267 g/mol. The lowest BCUT2D eigenvalue weighted by atomic mass is 10.1. The van der Waals surface area contributed by atoms with E-state index in [0.717, 1.165) is 19.5 Å². The normalized spacial score (nSPS) is 19.6. The minimum atomic E-state index is -0.510. The van der Waals surface area contributed by atoms with Gasteiger partial charge in [-0.05, 0) is 24.6 Å². The first kappa shape index (κ1) is 14.0. The highest BCUT2D eigenvalue weighted by Gasteiger charge is 2.24. The van der Waals surface area contributed by atoms with Crippen molar-refractivity contribution in [3.05, 3.63) is 29.6 Å². The van der Waals surface area contributed by atoms with Gasteiger partial charge in [0.15, 0.2) is 17.3 Å². The summed E-state index contributed by atoms with van der Waals surface area (Å²) in [6, 6.07) is 4.30. The maximum absolute atomic E-state index is 13.5. The van der Waals surface area contributed by atoms with Crippen molar-refractivity contribution in [3.63, 3.8) is 0 Å². The van der Waals surface area contributed by atoms with E-state index in [-0.39, 0.29) is 17.6 Å². The third-order valence-corrected chi connectivity index (χ3v) is 3.40. The Kier molecular flexibility index (Phi) is 4.50. The zero-order valence-corrected chi connectivity index (χ0v) is 11.2. The van der Waals surface area contributed by atoms with E-state index in [1.54, 1.807) is 13.2 Å². The van der Waals surface area contributed by atoms with Crippen molar-refractivity contribution in [1.82, 2.24) is 4.90 Å². The van der Waals surface area contributed by atoms with Crippen LogP contribution in [-0.4, -0.2) is 50.6 Å². The van der Waals surface area contributed by atoms with Gasteiger partial charge in [-0.15, -0.1) is 0 Å². The largest absolute Gasteiger partial charge is 0.494 e. The van der Waals surface area contributed by atoms with E-state index in [1.807, 2.05) is 4.90 Å². The number of nitrogens with zero attached hydrogens (tertiary/aromatic N) is 1. The fourth-order valence-corrected chi connectivity index (χ4v) is 2.27. The predicted octanol–water partition coefficient (Wildman–Crippen LogP) is 1.74. The molecule has 1 heterocycles. The van der Waals surface area contributed by atoms with Gasteiger partial charge >= 0.3 is 0 Å². The van der Waals surface area contributed by atoms with Crippen LogP contribution in [0, 0.1) is 5.82 Å². The van der Waals surface area contributed by atoms with Gasteiger partial charge in [0.25, 0.3) is 0 Å². The summed E-state index contributed by atoms with van der Waals surface area (Å²) in [4.78, 5) is 14.1. The van der Waals surface area contributed by atoms with Gasteiger partial charge in [-0.2, -0.15) is 0 Å². The Labute approximate surface area is 112 Å². The van der Waals surface area contributed by atoms with Gasteiger partial charge in [0.2, 0.25) is 0 Å². The number of hydrogen-bond acceptors (Lipinski definition) is 4. The number of carbonyl (C=O) groups excluding carboxylic acids is 1. The summed E-state index contributed by atoms with van der Waals surface area (Å²) >= 11 is 0. The Morgan fingerprint density at radius 2 is 2.26 bits per heavy atom. The summed E-state index contributed by atoms with van der Waals surface area (Å²) in [7, 11) is 3.07. The van der Waals surface area contributed by atoms with Crippen LogP contribution >= 0.6 is 0 Å². The van der Waals surface area contributed by atoms with E-state index >= 15 is 0 Å². The number of carbonyl (C=O) groups is 1. The van der Waals surface area contributed by atoms with Crippen molar-refractivity contribution >= 4 is 5.78 Å². The van der Waals surface area contributed by atoms with Crippen LogP contribution in [0.2, 0.25) is 0 Å². The average Bonchev–Trinajstić information content (AvgIpc) is 2.86. The Hall–Kier alpha value is -1.46. The molecule has 0 N–H and O–H groups in total. The molecule has 0 saturated carbocycles. The second-order valence-electron chi connectivity index (χ2n) is 4.65. The topological polar surface area (TPSA) is 38.8 Å². The lowest BCUT2D eigenvalue weighted by Gasteiger charge is -2.14. The highest BCUT2D eigenvalue weighted by atomic mass is 19.1. The molecule has 1 unspecified atom stereocenters. The van der Waals surface area contributed by atoms with Gasteiger partial charge in [0.05, 0.1) is 19.8 Å². The molecule has 0 aromatic heterocycles. The second-order valence-corrected chi connectivity index (χ2v) is 4.65. The summed E-state index contributed by atoms with van der Waals surface area (Å²) in [5.74, 6) is -0.444. The number of likely N-dealkylation sites (tertiary alicyclic amines) is 1. The van der Waals surface area contributed by atoms with Gasteiger partial charge in [-0.3, -0.25) is 9.69 Å². The molecule has 1 saturated heterocycles. The smallest absolute Gasteiger partial charge is 0.176 e. The zero-order valence-electron chi connectivity index (χ0n) is 11.2. The first-order valence-electron chi connectivity index (χ1n) is 6.26. The van der Waals surface area contributed by atoms with Crippen LogP contribution < -0.4 is 4.74 Å². The summed E-state index contributed by atoms with van der Waals surface area (Å²) in [5, 5.41) is 0. The van der Waals surface area contributed by atoms with Crippen LogP contribution in [-0.2, 0) is 4.74 Å². The van der Waals surface area contributed by atoms with E-state index in [9.17, 15) is 9.18 Å².